The van der Waals surface area contributed by atoms with E-state index in [0.717, 1.165) is 18.6 Å². The summed E-state index contributed by atoms with van der Waals surface area (Å²) in [6.07, 6.45) is 2.18. The van der Waals surface area contributed by atoms with Gasteiger partial charge in [0.25, 0.3) is 0 Å². The number of halogens is 1. The molecule has 2 aromatic heterocycles. The van der Waals surface area contributed by atoms with Crippen molar-refractivity contribution in [2.45, 2.75) is 52.6 Å². The van der Waals surface area contributed by atoms with Crippen molar-refractivity contribution in [1.82, 2.24) is 5.32 Å². The molecule has 2 unspecified atom stereocenters. The Hall–Kier alpha value is -0.580. The van der Waals surface area contributed by atoms with Gasteiger partial charge in [0.15, 0.2) is 0 Å². The summed E-state index contributed by atoms with van der Waals surface area (Å²) in [7, 11) is 0. The normalized spacial score (nSPS) is 22.0. The molecule has 2 atom stereocenters. The molecule has 0 bridgehead atoms. The maximum Gasteiger partial charge on any atom is 0.109 e. The van der Waals surface area contributed by atoms with Gasteiger partial charge in [0, 0.05) is 38.8 Å². The van der Waals surface area contributed by atoms with Crippen molar-refractivity contribution >= 4 is 27.3 Å². The molecule has 0 aliphatic heterocycles. The fourth-order valence-electron chi connectivity index (χ4n) is 3.27. The number of rotatable bonds is 3. The summed E-state index contributed by atoms with van der Waals surface area (Å²) in [6.45, 7) is 8.94. The lowest BCUT2D eigenvalue weighted by molar-refractivity contribution is 0.227. The molecule has 1 aliphatic rings. The highest BCUT2D eigenvalue weighted by molar-refractivity contribution is 9.10. The maximum atomic E-state index is 5.92. The minimum absolute atomic E-state index is 0.282. The average molecular weight is 368 g/mol. The third-order valence-electron chi connectivity index (χ3n) is 4.20. The molecule has 2 aromatic rings. The third kappa shape index (κ3) is 3.27. The Balaban J connectivity index is 1.84. The van der Waals surface area contributed by atoms with E-state index in [0.29, 0.717) is 12.1 Å². The summed E-state index contributed by atoms with van der Waals surface area (Å²) in [5.74, 6) is 2.19. The molecule has 3 rings (SSSR count). The van der Waals surface area contributed by atoms with Crippen LogP contribution in [0.15, 0.2) is 26.4 Å². The van der Waals surface area contributed by atoms with E-state index in [4.69, 9.17) is 4.42 Å². The molecule has 0 fully saturated rings. The van der Waals surface area contributed by atoms with Crippen LogP contribution in [0.2, 0.25) is 0 Å². The van der Waals surface area contributed by atoms with Crippen LogP contribution in [0.25, 0.3) is 0 Å². The summed E-state index contributed by atoms with van der Waals surface area (Å²) in [4.78, 5) is 1.37. The zero-order valence-electron chi connectivity index (χ0n) is 13.0. The second-order valence-electron chi connectivity index (χ2n) is 6.89. The minimum atomic E-state index is 0.282. The molecule has 0 spiro atoms. The Morgan fingerprint density at radius 1 is 1.43 bits per heavy atom. The zero-order chi connectivity index (χ0) is 15.2. The number of fused-ring (bicyclic) bond motifs is 1. The van der Waals surface area contributed by atoms with E-state index in [1.807, 2.05) is 6.92 Å². The van der Waals surface area contributed by atoms with E-state index in [2.05, 4.69) is 59.5 Å². The smallest absolute Gasteiger partial charge is 0.109 e. The van der Waals surface area contributed by atoms with Crippen LogP contribution in [0.4, 0.5) is 0 Å². The maximum absolute atomic E-state index is 5.92. The summed E-state index contributed by atoms with van der Waals surface area (Å²) in [6, 6.07) is 5.14. The van der Waals surface area contributed by atoms with E-state index in [9.17, 15) is 0 Å². The molecular formula is C17H22BrNOS. The van der Waals surface area contributed by atoms with Crippen LogP contribution in [0.5, 0.6) is 0 Å². The van der Waals surface area contributed by atoms with Crippen molar-refractivity contribution in [2.75, 3.05) is 0 Å². The predicted molar refractivity (Wildman–Crippen MR) is 91.9 cm³/mol. The fraction of sp³-hybridized carbons (Fsp3) is 0.529. The zero-order valence-corrected chi connectivity index (χ0v) is 15.4. The number of hydrogen-bond donors (Lipinski definition) is 1. The van der Waals surface area contributed by atoms with Gasteiger partial charge in [-0.05, 0) is 53.7 Å². The van der Waals surface area contributed by atoms with E-state index in [1.54, 1.807) is 11.3 Å². The van der Waals surface area contributed by atoms with Crippen LogP contribution < -0.4 is 5.32 Å². The summed E-state index contributed by atoms with van der Waals surface area (Å²) in [5, 5.41) is 5.95. The van der Waals surface area contributed by atoms with Gasteiger partial charge < -0.3 is 9.73 Å². The Morgan fingerprint density at radius 2 is 2.19 bits per heavy atom. The van der Waals surface area contributed by atoms with Gasteiger partial charge in [0.2, 0.25) is 0 Å². The van der Waals surface area contributed by atoms with E-state index >= 15 is 0 Å². The molecule has 21 heavy (non-hydrogen) atoms. The van der Waals surface area contributed by atoms with Crippen LogP contribution in [0.1, 0.15) is 61.2 Å². The molecule has 1 aliphatic carbocycles. The Kier molecular flexibility index (Phi) is 4.06. The van der Waals surface area contributed by atoms with Crippen molar-refractivity contribution in [3.05, 3.63) is 43.9 Å². The van der Waals surface area contributed by atoms with Gasteiger partial charge in [-0.25, -0.2) is 0 Å². The van der Waals surface area contributed by atoms with Crippen LogP contribution in [0, 0.1) is 12.3 Å². The number of hydrogen-bond acceptors (Lipinski definition) is 3. The lowest BCUT2D eigenvalue weighted by atomic mass is 9.74. The van der Waals surface area contributed by atoms with Crippen LogP contribution in [-0.4, -0.2) is 0 Å². The lowest BCUT2D eigenvalue weighted by Gasteiger charge is -2.36. The largest absolute Gasteiger partial charge is 0.466 e. The molecule has 114 valence electrons. The topological polar surface area (TPSA) is 25.2 Å². The second kappa shape index (κ2) is 5.56. The summed E-state index contributed by atoms with van der Waals surface area (Å²) >= 11 is 5.34. The quantitative estimate of drug-likeness (QED) is 0.743. The molecule has 0 radical (unpaired) electrons. The molecule has 0 saturated carbocycles. The highest BCUT2D eigenvalue weighted by Crippen LogP contribution is 2.43. The molecule has 1 N–H and O–H groups in total. The average Bonchev–Trinajstić information content (AvgIpc) is 2.93. The number of furan rings is 1. The molecule has 4 heteroatoms. The van der Waals surface area contributed by atoms with Crippen LogP contribution >= 0.6 is 27.3 Å². The minimum Gasteiger partial charge on any atom is -0.466 e. The van der Waals surface area contributed by atoms with E-state index in [-0.39, 0.29) is 5.41 Å². The molecule has 0 aromatic carbocycles. The SMILES string of the molecule is Cc1cc2c(o1)CC(C)(C)CC2NC(C)c1cc(Br)cs1. The van der Waals surface area contributed by atoms with Gasteiger partial charge >= 0.3 is 0 Å². The molecular weight excluding hydrogens is 346 g/mol. The standard InChI is InChI=1S/C17H22BrNOS/c1-10-5-13-14(7-17(3,4)8-15(13)20-10)19-11(2)16-6-12(18)9-21-16/h5-6,9,11,14,19H,7-8H2,1-4H3. The summed E-state index contributed by atoms with van der Waals surface area (Å²) in [5.41, 5.74) is 1.64. The Morgan fingerprint density at radius 3 is 2.86 bits per heavy atom. The molecule has 0 amide bonds. The first-order valence-corrected chi connectivity index (χ1v) is 9.10. The van der Waals surface area contributed by atoms with Gasteiger partial charge in [0.1, 0.15) is 11.5 Å². The van der Waals surface area contributed by atoms with Crippen molar-refractivity contribution in [3.63, 3.8) is 0 Å². The monoisotopic (exact) mass is 367 g/mol. The summed E-state index contributed by atoms with van der Waals surface area (Å²) < 4.78 is 7.08. The van der Waals surface area contributed by atoms with Crippen molar-refractivity contribution < 1.29 is 4.42 Å². The van der Waals surface area contributed by atoms with E-state index < -0.39 is 0 Å². The fourth-order valence-corrected chi connectivity index (χ4v) is 4.73. The van der Waals surface area contributed by atoms with Gasteiger partial charge in [-0.3, -0.25) is 0 Å². The van der Waals surface area contributed by atoms with Gasteiger partial charge in [0.05, 0.1) is 0 Å². The third-order valence-corrected chi connectivity index (χ3v) is 6.08. The van der Waals surface area contributed by atoms with Gasteiger partial charge in [-0.15, -0.1) is 11.3 Å². The second-order valence-corrected chi connectivity index (χ2v) is 8.75. The highest BCUT2D eigenvalue weighted by Gasteiger charge is 2.35. The van der Waals surface area contributed by atoms with Crippen molar-refractivity contribution in [2.24, 2.45) is 5.41 Å². The molecule has 2 heterocycles. The first-order valence-electron chi connectivity index (χ1n) is 7.43. The van der Waals surface area contributed by atoms with Crippen molar-refractivity contribution in [1.29, 1.82) is 0 Å². The number of aryl methyl sites for hydroxylation is 1. The first-order chi connectivity index (χ1) is 9.84. The van der Waals surface area contributed by atoms with Crippen molar-refractivity contribution in [3.8, 4) is 0 Å². The van der Waals surface area contributed by atoms with Gasteiger partial charge in [-0.2, -0.15) is 0 Å². The predicted octanol–water partition coefficient (Wildman–Crippen LogP) is 5.78. The molecule has 2 nitrogen and oxygen atoms in total. The Labute approximate surface area is 139 Å². The van der Waals surface area contributed by atoms with E-state index in [1.165, 1.54) is 20.7 Å². The van der Waals surface area contributed by atoms with Crippen LogP contribution in [0.3, 0.4) is 0 Å². The Bertz CT molecular complexity index is 643. The number of nitrogens with one attached hydrogen (secondary N) is 1. The number of thiophene rings is 1. The highest BCUT2D eigenvalue weighted by atomic mass is 79.9. The van der Waals surface area contributed by atoms with Gasteiger partial charge in [-0.1, -0.05) is 13.8 Å². The molecule has 0 saturated heterocycles. The first kappa shape index (κ1) is 15.3. The lowest BCUT2D eigenvalue weighted by Crippen LogP contribution is -2.33. The van der Waals surface area contributed by atoms with Crippen LogP contribution in [-0.2, 0) is 6.42 Å².